The SMILES string of the molecule is CC1=CC(N(c2ccc(C)cc2)c2ccc(Br)cc2)=CC2C1c1ccc3c(c1C2(C)C)C(C)(C)c1cc(N(c2ccc(C)cc2)c2ccc(Br)cc2)cc(C)c1-3. The molecule has 6 aromatic carbocycles. The molecule has 2 unspecified atom stereocenters. The first-order chi connectivity index (χ1) is 26.7. The third kappa shape index (κ3) is 5.86. The summed E-state index contributed by atoms with van der Waals surface area (Å²) in [6.07, 6.45) is 5.03. The van der Waals surface area contributed by atoms with Crippen LogP contribution in [0.3, 0.4) is 0 Å². The van der Waals surface area contributed by atoms with E-state index in [4.69, 9.17) is 0 Å². The molecule has 0 bridgehead atoms. The zero-order chi connectivity index (χ0) is 39.3. The minimum Gasteiger partial charge on any atom is -0.311 e. The van der Waals surface area contributed by atoms with Gasteiger partial charge >= 0.3 is 0 Å². The number of hydrogen-bond donors (Lipinski definition) is 0. The summed E-state index contributed by atoms with van der Waals surface area (Å²) < 4.78 is 2.16. The molecule has 9 rings (SSSR count). The molecule has 0 saturated carbocycles. The molecule has 4 heteroatoms. The number of fused-ring (bicyclic) bond motifs is 7. The van der Waals surface area contributed by atoms with Crippen molar-refractivity contribution in [1.29, 1.82) is 0 Å². The summed E-state index contributed by atoms with van der Waals surface area (Å²) in [6.45, 7) is 18.9. The molecule has 6 aromatic rings. The molecule has 0 radical (unpaired) electrons. The number of aryl methyl sites for hydroxylation is 3. The highest BCUT2D eigenvalue weighted by Gasteiger charge is 2.52. The molecule has 0 heterocycles. The summed E-state index contributed by atoms with van der Waals surface area (Å²) in [4.78, 5) is 4.85. The van der Waals surface area contributed by atoms with Crippen LogP contribution in [0.2, 0.25) is 0 Å². The highest BCUT2D eigenvalue weighted by Crippen LogP contribution is 2.63. The van der Waals surface area contributed by atoms with E-state index < -0.39 is 0 Å². The van der Waals surface area contributed by atoms with Gasteiger partial charge < -0.3 is 9.80 Å². The maximum Gasteiger partial charge on any atom is 0.0467 e. The van der Waals surface area contributed by atoms with Crippen LogP contribution in [0.4, 0.5) is 28.4 Å². The number of allylic oxidation sites excluding steroid dienone is 3. The van der Waals surface area contributed by atoms with Crippen LogP contribution >= 0.6 is 31.9 Å². The first-order valence-corrected chi connectivity index (χ1v) is 21.3. The monoisotopic (exact) mass is 858 g/mol. The summed E-state index contributed by atoms with van der Waals surface area (Å²) >= 11 is 7.34. The maximum atomic E-state index is 3.67. The van der Waals surface area contributed by atoms with E-state index in [0.29, 0.717) is 11.8 Å². The standard InChI is InChI=1S/C52H48Br2N2/c1-31-9-17-37(18-10-31)55(39-21-13-35(53)14-22-39)41-27-33(3)47-43-25-26-44-48-34(4)28-42(30-46(48)52(7,8)50(44)49(43)51(5,6)45(47)29-41)56(38-19-11-32(2)12-20-38)40-23-15-36(54)16-24-40/h9-30,45,47H,1-8H3. The van der Waals surface area contributed by atoms with Gasteiger partial charge in [-0.1, -0.05) is 119 Å². The largest absolute Gasteiger partial charge is 0.311 e. The molecule has 0 saturated heterocycles. The van der Waals surface area contributed by atoms with E-state index >= 15 is 0 Å². The predicted octanol–water partition coefficient (Wildman–Crippen LogP) is 15.6. The number of hydrogen-bond acceptors (Lipinski definition) is 2. The molecule has 0 amide bonds. The quantitative estimate of drug-likeness (QED) is 0.165. The average Bonchev–Trinajstić information content (AvgIpc) is 3.54. The van der Waals surface area contributed by atoms with Gasteiger partial charge in [0.15, 0.2) is 0 Å². The Hall–Kier alpha value is -4.64. The molecule has 2 atom stereocenters. The van der Waals surface area contributed by atoms with Gasteiger partial charge in [0.25, 0.3) is 0 Å². The maximum absolute atomic E-state index is 3.67. The van der Waals surface area contributed by atoms with Crippen LogP contribution in [0.1, 0.15) is 79.5 Å². The zero-order valence-corrected chi connectivity index (χ0v) is 36.7. The van der Waals surface area contributed by atoms with Gasteiger partial charge in [-0.3, -0.25) is 0 Å². The minimum atomic E-state index is -0.199. The highest BCUT2D eigenvalue weighted by atomic mass is 79.9. The Morgan fingerprint density at radius 2 is 1.04 bits per heavy atom. The van der Waals surface area contributed by atoms with Crippen molar-refractivity contribution in [1.82, 2.24) is 0 Å². The molecular weight excluding hydrogens is 812 g/mol. The van der Waals surface area contributed by atoms with E-state index in [1.54, 1.807) is 0 Å². The van der Waals surface area contributed by atoms with Crippen LogP contribution in [0.15, 0.2) is 154 Å². The number of nitrogens with zero attached hydrogens (tertiary/aromatic N) is 2. The van der Waals surface area contributed by atoms with E-state index in [-0.39, 0.29) is 10.8 Å². The lowest BCUT2D eigenvalue weighted by molar-refractivity contribution is 0.380. The van der Waals surface area contributed by atoms with Crippen molar-refractivity contribution >= 4 is 60.3 Å². The number of anilines is 5. The van der Waals surface area contributed by atoms with E-state index in [0.717, 1.165) is 26.0 Å². The Balaban J connectivity index is 1.17. The Labute approximate surface area is 349 Å². The number of rotatable bonds is 6. The van der Waals surface area contributed by atoms with Crippen LogP contribution in [0, 0.1) is 26.7 Å². The first kappa shape index (κ1) is 37.0. The Kier molecular flexibility index (Phi) is 8.91. The van der Waals surface area contributed by atoms with Crippen LogP contribution < -0.4 is 9.80 Å². The summed E-state index contributed by atoms with van der Waals surface area (Å²) in [5, 5.41) is 0. The second kappa shape index (κ2) is 13.5. The van der Waals surface area contributed by atoms with Gasteiger partial charge in [-0.05, 0) is 169 Å². The van der Waals surface area contributed by atoms with Crippen molar-refractivity contribution in [3.8, 4) is 11.1 Å². The second-order valence-electron chi connectivity index (χ2n) is 17.3. The van der Waals surface area contributed by atoms with Crippen molar-refractivity contribution in [3.05, 3.63) is 193 Å². The second-order valence-corrected chi connectivity index (χ2v) is 19.1. The third-order valence-corrected chi connectivity index (χ3v) is 13.8. The Bertz CT molecular complexity index is 2480. The van der Waals surface area contributed by atoms with Crippen molar-refractivity contribution in [2.45, 2.75) is 72.1 Å². The zero-order valence-electron chi connectivity index (χ0n) is 33.5. The Morgan fingerprint density at radius 1 is 0.536 bits per heavy atom. The lowest BCUT2D eigenvalue weighted by atomic mass is 9.69. The van der Waals surface area contributed by atoms with Gasteiger partial charge in [-0.2, -0.15) is 0 Å². The van der Waals surface area contributed by atoms with E-state index in [9.17, 15) is 0 Å². The van der Waals surface area contributed by atoms with Crippen LogP contribution in [-0.4, -0.2) is 0 Å². The lowest BCUT2D eigenvalue weighted by Crippen LogP contribution is -2.31. The van der Waals surface area contributed by atoms with Gasteiger partial charge in [0.05, 0.1) is 0 Å². The molecule has 0 aromatic heterocycles. The molecular formula is C52H48Br2N2. The van der Waals surface area contributed by atoms with Crippen molar-refractivity contribution < 1.29 is 0 Å². The number of halogens is 2. The van der Waals surface area contributed by atoms with E-state index in [2.05, 4.69) is 231 Å². The van der Waals surface area contributed by atoms with Crippen LogP contribution in [-0.2, 0) is 10.8 Å². The van der Waals surface area contributed by atoms with Gasteiger partial charge in [-0.25, -0.2) is 0 Å². The Morgan fingerprint density at radius 3 is 1.57 bits per heavy atom. The van der Waals surface area contributed by atoms with E-state index in [1.165, 1.54) is 72.7 Å². The van der Waals surface area contributed by atoms with Crippen molar-refractivity contribution in [3.63, 3.8) is 0 Å². The first-order valence-electron chi connectivity index (χ1n) is 19.7. The van der Waals surface area contributed by atoms with Crippen molar-refractivity contribution in [2.24, 2.45) is 5.92 Å². The summed E-state index contributed by atoms with van der Waals surface area (Å²) in [6, 6.07) is 45.0. The fraction of sp³-hybridized carbons (Fsp3) is 0.231. The smallest absolute Gasteiger partial charge is 0.0467 e. The van der Waals surface area contributed by atoms with Gasteiger partial charge in [-0.15, -0.1) is 0 Å². The topological polar surface area (TPSA) is 6.48 Å². The van der Waals surface area contributed by atoms with E-state index in [1.807, 2.05) is 0 Å². The normalized spacial score (nSPS) is 18.3. The molecule has 0 N–H and O–H groups in total. The third-order valence-electron chi connectivity index (χ3n) is 12.8. The molecule has 3 aliphatic carbocycles. The molecule has 0 aliphatic heterocycles. The average molecular weight is 861 g/mol. The lowest BCUT2D eigenvalue weighted by Gasteiger charge is -2.37. The molecule has 0 fully saturated rings. The van der Waals surface area contributed by atoms with Gasteiger partial charge in [0.1, 0.15) is 0 Å². The van der Waals surface area contributed by atoms with Gasteiger partial charge in [0.2, 0.25) is 0 Å². The number of benzene rings is 6. The van der Waals surface area contributed by atoms with Crippen LogP contribution in [0.5, 0.6) is 0 Å². The predicted molar refractivity (Wildman–Crippen MR) is 244 cm³/mol. The van der Waals surface area contributed by atoms with Gasteiger partial charge in [0, 0.05) is 54.4 Å². The van der Waals surface area contributed by atoms with Crippen LogP contribution in [0.25, 0.3) is 11.1 Å². The molecule has 3 aliphatic rings. The highest BCUT2D eigenvalue weighted by molar-refractivity contribution is 9.10. The van der Waals surface area contributed by atoms with Crippen molar-refractivity contribution in [2.75, 3.05) is 9.80 Å². The minimum absolute atomic E-state index is 0.105. The fourth-order valence-corrected chi connectivity index (χ4v) is 10.6. The fourth-order valence-electron chi connectivity index (χ4n) is 10.1. The summed E-state index contributed by atoms with van der Waals surface area (Å²) in [5.41, 5.74) is 20.7. The summed E-state index contributed by atoms with van der Waals surface area (Å²) in [5.74, 6) is 0.627. The summed E-state index contributed by atoms with van der Waals surface area (Å²) in [7, 11) is 0. The molecule has 2 nitrogen and oxygen atoms in total. The molecule has 56 heavy (non-hydrogen) atoms. The molecule has 0 spiro atoms. The molecule has 280 valence electrons.